The number of carbonyl (C=O) groups is 9. The number of amides is 3. The summed E-state index contributed by atoms with van der Waals surface area (Å²) in [6, 6.07) is 68.4. The summed E-state index contributed by atoms with van der Waals surface area (Å²) >= 11 is 13.9. The van der Waals surface area contributed by atoms with Gasteiger partial charge in [0.1, 0.15) is 0 Å². The molecule has 0 aliphatic heterocycles. The van der Waals surface area contributed by atoms with Gasteiger partial charge in [-0.25, -0.2) is 57.1 Å². The van der Waals surface area contributed by atoms with Crippen molar-refractivity contribution in [3.8, 4) is 5.69 Å². The van der Waals surface area contributed by atoms with Crippen LogP contribution in [0.3, 0.4) is 0 Å². The number of hydrogen-bond acceptors (Lipinski definition) is 28. The number of nitrogen functional groups attached to an aromatic ring is 4. The van der Waals surface area contributed by atoms with Crippen molar-refractivity contribution in [2.24, 2.45) is 9.98 Å². The number of aliphatic imine (C=N–C) groups is 2. The van der Waals surface area contributed by atoms with E-state index in [2.05, 4.69) is 118 Å². The minimum Gasteiger partial charge on any atom is -1.00 e. The van der Waals surface area contributed by atoms with E-state index in [1.165, 1.54) is 104 Å². The number of anilines is 7. The number of para-hydroxylation sites is 14. The molecule has 13 rings (SSSR count). The molecular weight excluding hydrogens is 1780 g/mol. The number of imidazole rings is 1. The molecule has 0 radical (unpaired) electrons. The van der Waals surface area contributed by atoms with Crippen LogP contribution in [0.15, 0.2) is 267 Å². The van der Waals surface area contributed by atoms with Crippen molar-refractivity contribution in [3.63, 3.8) is 0 Å². The topological polar surface area (TPSA) is 516 Å². The van der Waals surface area contributed by atoms with E-state index in [-0.39, 0.29) is 89.2 Å². The molecule has 132 heavy (non-hydrogen) atoms. The first-order chi connectivity index (χ1) is 63.2. The number of alkyl halides is 1. The van der Waals surface area contributed by atoms with Crippen molar-refractivity contribution in [1.82, 2.24) is 28.8 Å². The Morgan fingerprint density at radius 3 is 1.21 bits per heavy atom. The molecule has 40 heteroatoms. The number of H-pyrrole nitrogens is 2. The van der Waals surface area contributed by atoms with E-state index in [9.17, 15) is 66.7 Å². The molecule has 0 bridgehead atoms. The number of isocyanates is 2. The maximum Gasteiger partial charge on any atom is 1.00 e. The number of benzene rings is 10. The summed E-state index contributed by atoms with van der Waals surface area (Å²) in [6.07, 6.45) is 2.74. The largest absolute Gasteiger partial charge is 1.00 e. The Kier molecular flexibility index (Phi) is 55.4. The first-order valence-corrected chi connectivity index (χ1v) is 39.9. The molecule has 694 valence electrons. The number of fused-ring (bicyclic) bond motifs is 6. The van der Waals surface area contributed by atoms with Crippen LogP contribution in [0.2, 0.25) is 0 Å². The monoisotopic (exact) mass is 1890 g/mol. The standard InChI is InChI=1S/C15H15N3O3.C14H11N3O2.C14H9N3O.C9H8ClNO3.2C9H7NO3.C6H8N2.C6H15N.2C4H8O2.CCl2O.CH3F.Na.H2.H/c1-21-14(19)10-6-2-4-8-12(10)17-15(20)18-13-9-5-3-7-11(13)16;15-10-6-2-4-8-12(10)17-13(18)9-5-1-3-7-11(9)16-14(17)19;18-14-16-10-6-2-1-5-9(10)13-15-11-7-3-4-8-12(11)17(13)14;1-14-8(12)6-4-2-3-5-7(6)11-9(10)13;2*1-13-9(12)7-4-2-3-5-8(7)10-6-11;7-5-3-1-2-4-6(5)8;1-4-7(5-2)6-3;2*1-3-6-4(2)5;2-1(3)4;1-2;;;/h2-9H,16H2,1H3,(H2,17,18,20);1-8H,15H2,(H,16,19);1-8H,(H,16,18);2-5H,1H3,(H,11,13);2*2-5H,1H3;1-4H,7-8H2;4-6H2,1-3H3;2*3H2,1-2H3;;1H3;;1H;/q;;;;;;;;;;;;+1;;-1/i;;;;;;;;;;;1D;;1+1;. The van der Waals surface area contributed by atoms with Gasteiger partial charge < -0.3 is 83.6 Å². The second kappa shape index (κ2) is 64.7. The van der Waals surface area contributed by atoms with E-state index in [1.54, 1.807) is 170 Å². The number of carbonyl (C=O) groups excluding carboxylic acids is 11. The Bertz CT molecular complexity index is 6150. The van der Waals surface area contributed by atoms with Crippen LogP contribution in [0.1, 0.15) is 94.1 Å². The van der Waals surface area contributed by atoms with Crippen LogP contribution in [0.5, 0.6) is 0 Å². The van der Waals surface area contributed by atoms with Crippen LogP contribution in [0.25, 0.3) is 44.2 Å². The summed E-state index contributed by atoms with van der Waals surface area (Å²) in [5, 5.41) is 8.18. The van der Waals surface area contributed by atoms with Gasteiger partial charge in [-0.2, -0.15) is 9.98 Å². The first kappa shape index (κ1) is 113. The summed E-state index contributed by atoms with van der Waals surface area (Å²) in [5.41, 5.74) is 30.3. The summed E-state index contributed by atoms with van der Waals surface area (Å²) in [5.74, 6) is -2.50. The molecule has 0 unspecified atom stereocenters. The number of nitrogens with zero attached hydrogens (tertiary/aromatic N) is 6. The van der Waals surface area contributed by atoms with Crippen molar-refractivity contribution in [2.45, 2.75) is 48.5 Å². The summed E-state index contributed by atoms with van der Waals surface area (Å²) < 4.78 is 44.3. The predicted molar refractivity (Wildman–Crippen MR) is 511 cm³/mol. The fraction of sp³-hybridized carbons (Fsp3) is 0.185. The van der Waals surface area contributed by atoms with E-state index in [1.807, 2.05) is 60.7 Å². The van der Waals surface area contributed by atoms with E-state index < -0.39 is 52.8 Å². The van der Waals surface area contributed by atoms with Crippen LogP contribution >= 0.6 is 34.8 Å². The Balaban J connectivity index is 0. The Morgan fingerprint density at radius 1 is 0.477 bits per heavy atom. The van der Waals surface area contributed by atoms with Gasteiger partial charge in [0.05, 0.1) is 157 Å². The zero-order valence-electron chi connectivity index (χ0n) is 76.0. The Labute approximate surface area is 799 Å². The van der Waals surface area contributed by atoms with Gasteiger partial charge in [0, 0.05) is 20.7 Å². The molecule has 0 aliphatic carbocycles. The zero-order chi connectivity index (χ0) is 98.6. The summed E-state index contributed by atoms with van der Waals surface area (Å²) in [7, 11) is 4.08. The van der Waals surface area contributed by atoms with Gasteiger partial charge in [-0.3, -0.25) is 28.4 Å². The predicted octanol–water partition coefficient (Wildman–Crippen LogP) is 14.3. The molecule has 0 atom stereocenters. The number of urea groups is 1. The minimum absolute atomic E-state index is 0. The first-order valence-electron chi connectivity index (χ1n) is 39.4. The SMILES string of the molecule is CCN(CC)CC.CCOC(C)=O.CCOC(C)=O.COC(=O)c1ccccc1N=C=O.COC(=O)c1ccccc1N=C=O.COC(=O)c1ccccc1NC(=O)Cl.COC(=O)c1ccccc1NC(=O)Nc1ccccc1N.Nc1ccccc1-n1c(=O)[nH]c2ccccc2c1=O.Nc1ccccc1N.O=C(Cl)Cl.O=c1[nH]c2ccccc2c2nc3ccccc3n12.[2HH].[2H]CF.[H-].[Na+]. The van der Waals surface area contributed by atoms with Crippen LogP contribution in [-0.2, 0) is 47.6 Å². The molecule has 13 N–H and O–H groups in total. The van der Waals surface area contributed by atoms with Gasteiger partial charge in [-0.1, -0.05) is 142 Å². The molecule has 3 heterocycles. The Morgan fingerprint density at radius 2 is 0.818 bits per heavy atom. The van der Waals surface area contributed by atoms with Crippen molar-refractivity contribution >= 4 is 189 Å². The molecule has 0 saturated heterocycles. The molecule has 0 aliphatic rings. The third-order valence-corrected chi connectivity index (χ3v) is 16.6. The van der Waals surface area contributed by atoms with Crippen molar-refractivity contribution in [3.05, 3.63) is 296 Å². The number of hydrogen-bond donors (Lipinski definition) is 9. The number of esters is 6. The molecule has 0 spiro atoms. The number of halogens is 4. The molecule has 10 aromatic carbocycles. The van der Waals surface area contributed by atoms with Gasteiger partial charge in [0.15, 0.2) is 5.65 Å². The van der Waals surface area contributed by atoms with E-state index in [4.69, 9.17) is 40.7 Å². The van der Waals surface area contributed by atoms with E-state index in [0.29, 0.717) is 75.3 Å². The summed E-state index contributed by atoms with van der Waals surface area (Å²) in [6.45, 7) is 17.4. The molecule has 0 saturated carbocycles. The number of methoxy groups -OCH3 is 4. The van der Waals surface area contributed by atoms with Gasteiger partial charge in [-0.05, 0) is 190 Å². The van der Waals surface area contributed by atoms with Crippen molar-refractivity contribution in [1.29, 1.82) is 0 Å². The van der Waals surface area contributed by atoms with Gasteiger partial charge in [0.25, 0.3) is 5.56 Å². The van der Waals surface area contributed by atoms with Gasteiger partial charge in [0.2, 0.25) is 12.2 Å². The normalized spacial score (nSPS) is 9.50. The average molecular weight is 1890 g/mol. The fourth-order valence-corrected chi connectivity index (χ4v) is 10.7. The number of aromatic nitrogens is 5. The van der Waals surface area contributed by atoms with Crippen molar-refractivity contribution < 1.29 is 119 Å². The Hall–Kier alpha value is -15.0. The molecule has 0 fully saturated rings. The number of nitrogens with two attached hydrogens (primary N) is 4. The molecule has 3 aromatic heterocycles. The fourth-order valence-electron chi connectivity index (χ4n) is 10.6. The maximum atomic E-state index is 12.4. The van der Waals surface area contributed by atoms with Crippen LogP contribution < -0.4 is 85.4 Å². The molecule has 3 amide bonds. The molecule has 35 nitrogen and oxygen atoms in total. The molecular formula is C92H102Cl3FN15NaO20. The number of aromatic amines is 2. The molecule has 13 aromatic rings. The second-order valence-corrected chi connectivity index (χ2v) is 26.0. The van der Waals surface area contributed by atoms with Crippen LogP contribution in [0, 0.1) is 0 Å². The van der Waals surface area contributed by atoms with E-state index >= 15 is 0 Å². The van der Waals surface area contributed by atoms with Crippen LogP contribution in [-0.4, -0.2) is 161 Å². The van der Waals surface area contributed by atoms with Gasteiger partial charge in [-0.15, -0.1) is 0 Å². The number of nitrogens with one attached hydrogen (secondary N) is 5. The second-order valence-electron chi connectivity index (χ2n) is 24.8. The average Bonchev–Trinajstić information content (AvgIpc) is 1.58. The third kappa shape index (κ3) is 40.1. The number of ether oxygens (including phenoxy) is 6. The smallest absolute Gasteiger partial charge is 1.00 e. The zero-order valence-corrected chi connectivity index (χ0v) is 78.3. The van der Waals surface area contributed by atoms with Gasteiger partial charge >= 0.3 is 92.9 Å². The minimum atomic E-state index is -1.00. The van der Waals surface area contributed by atoms with E-state index in [0.717, 1.165) is 26.5 Å². The quantitative estimate of drug-likeness (QED) is 0.00673. The maximum absolute atomic E-state index is 12.4. The number of rotatable bonds is 15. The summed E-state index contributed by atoms with van der Waals surface area (Å²) in [4.78, 5) is 172. The van der Waals surface area contributed by atoms with Crippen molar-refractivity contribution in [2.75, 3.05) is 107 Å². The third-order valence-electron chi connectivity index (χ3n) is 16.5. The van der Waals surface area contributed by atoms with Crippen LogP contribution in [0.4, 0.5) is 70.0 Å².